The maximum absolute atomic E-state index is 9.50. The number of anilines is 1. The average Bonchev–Trinajstić information content (AvgIpc) is 2.97. The SMILES string of the molecule is Cc1cc(Br)c2nc(N3Cc4ccccc4C3)c(C#N)nc2c1. The fourth-order valence-electron chi connectivity index (χ4n) is 3.02. The third-order valence-electron chi connectivity index (χ3n) is 4.10. The molecule has 2 aromatic carbocycles. The van der Waals surface area contributed by atoms with Gasteiger partial charge in [0.25, 0.3) is 0 Å². The highest BCUT2D eigenvalue weighted by Crippen LogP contribution is 2.31. The molecule has 0 saturated carbocycles. The van der Waals surface area contributed by atoms with Gasteiger partial charge in [-0.2, -0.15) is 5.26 Å². The first kappa shape index (κ1) is 14.2. The smallest absolute Gasteiger partial charge is 0.183 e. The lowest BCUT2D eigenvalue weighted by atomic mass is 10.1. The Balaban J connectivity index is 1.86. The summed E-state index contributed by atoms with van der Waals surface area (Å²) in [6.07, 6.45) is 0. The molecule has 3 aromatic rings. The van der Waals surface area contributed by atoms with Gasteiger partial charge in [-0.05, 0) is 51.7 Å². The highest BCUT2D eigenvalue weighted by atomic mass is 79.9. The largest absolute Gasteiger partial charge is 0.346 e. The van der Waals surface area contributed by atoms with Gasteiger partial charge in [-0.3, -0.25) is 0 Å². The van der Waals surface area contributed by atoms with Gasteiger partial charge in [-0.1, -0.05) is 24.3 Å². The molecular weight excluding hydrogens is 352 g/mol. The standard InChI is InChI=1S/C18H13BrN4/c1-11-6-14(19)17-15(7-11)21-16(8-20)18(22-17)23-9-12-4-2-3-5-13(12)10-23/h2-7H,9-10H2,1H3. The number of aryl methyl sites for hydroxylation is 1. The van der Waals surface area contributed by atoms with Crippen LogP contribution in [0.3, 0.4) is 0 Å². The molecule has 0 unspecified atom stereocenters. The van der Waals surface area contributed by atoms with E-state index in [1.165, 1.54) is 11.1 Å². The van der Waals surface area contributed by atoms with Gasteiger partial charge in [0, 0.05) is 17.6 Å². The number of benzene rings is 2. The summed E-state index contributed by atoms with van der Waals surface area (Å²) in [6, 6.07) is 14.5. The van der Waals surface area contributed by atoms with E-state index < -0.39 is 0 Å². The highest BCUT2D eigenvalue weighted by Gasteiger charge is 2.23. The van der Waals surface area contributed by atoms with Crippen molar-refractivity contribution in [3.05, 3.63) is 63.3 Å². The van der Waals surface area contributed by atoms with Crippen LogP contribution in [0.25, 0.3) is 11.0 Å². The summed E-state index contributed by atoms with van der Waals surface area (Å²) >= 11 is 3.56. The summed E-state index contributed by atoms with van der Waals surface area (Å²) in [7, 11) is 0. The third-order valence-corrected chi connectivity index (χ3v) is 4.70. The Kier molecular flexibility index (Phi) is 3.28. The van der Waals surface area contributed by atoms with E-state index in [1.54, 1.807) is 0 Å². The number of nitrogens with zero attached hydrogens (tertiary/aromatic N) is 4. The van der Waals surface area contributed by atoms with Gasteiger partial charge in [-0.15, -0.1) is 0 Å². The van der Waals surface area contributed by atoms with Gasteiger partial charge >= 0.3 is 0 Å². The lowest BCUT2D eigenvalue weighted by molar-refractivity contribution is 0.852. The molecule has 0 atom stereocenters. The zero-order valence-electron chi connectivity index (χ0n) is 12.5. The van der Waals surface area contributed by atoms with Crippen molar-refractivity contribution < 1.29 is 0 Å². The molecule has 5 heteroatoms. The molecule has 0 spiro atoms. The Bertz CT molecular complexity index is 950. The van der Waals surface area contributed by atoms with Gasteiger partial charge in [0.15, 0.2) is 11.5 Å². The van der Waals surface area contributed by atoms with Crippen LogP contribution in [0, 0.1) is 18.3 Å². The molecule has 0 amide bonds. The number of hydrogen-bond acceptors (Lipinski definition) is 4. The van der Waals surface area contributed by atoms with E-state index in [0.29, 0.717) is 11.5 Å². The second kappa shape index (κ2) is 5.32. The van der Waals surface area contributed by atoms with Crippen LogP contribution in [0.4, 0.5) is 5.82 Å². The van der Waals surface area contributed by atoms with Gasteiger partial charge in [0.1, 0.15) is 11.6 Å². The van der Waals surface area contributed by atoms with E-state index in [1.807, 2.05) is 31.2 Å². The monoisotopic (exact) mass is 364 g/mol. The number of nitriles is 1. The van der Waals surface area contributed by atoms with Gasteiger partial charge < -0.3 is 4.90 Å². The van der Waals surface area contributed by atoms with Crippen molar-refractivity contribution in [3.63, 3.8) is 0 Å². The van der Waals surface area contributed by atoms with Crippen molar-refractivity contribution in [1.82, 2.24) is 9.97 Å². The minimum atomic E-state index is 0.378. The second-order valence-corrected chi connectivity index (χ2v) is 6.60. The Morgan fingerprint density at radius 1 is 1.13 bits per heavy atom. The summed E-state index contributed by atoms with van der Waals surface area (Å²) in [5.74, 6) is 0.653. The zero-order chi connectivity index (χ0) is 16.0. The maximum Gasteiger partial charge on any atom is 0.183 e. The molecule has 4 nitrogen and oxygen atoms in total. The van der Waals surface area contributed by atoms with Crippen LogP contribution < -0.4 is 4.90 Å². The normalized spacial score (nSPS) is 13.2. The molecule has 0 aliphatic carbocycles. The van der Waals surface area contributed by atoms with Crippen LogP contribution in [-0.2, 0) is 13.1 Å². The van der Waals surface area contributed by atoms with Crippen LogP contribution in [0.5, 0.6) is 0 Å². The summed E-state index contributed by atoms with van der Waals surface area (Å²) in [5.41, 5.74) is 5.56. The molecule has 112 valence electrons. The topological polar surface area (TPSA) is 52.8 Å². The fraction of sp³-hybridized carbons (Fsp3) is 0.167. The van der Waals surface area contributed by atoms with Crippen molar-refractivity contribution >= 4 is 32.8 Å². The quantitative estimate of drug-likeness (QED) is 0.652. The first-order valence-corrected chi connectivity index (χ1v) is 8.15. The van der Waals surface area contributed by atoms with E-state index in [-0.39, 0.29) is 0 Å². The van der Waals surface area contributed by atoms with Crippen LogP contribution in [0.1, 0.15) is 22.4 Å². The van der Waals surface area contributed by atoms with Crippen molar-refractivity contribution in [2.75, 3.05) is 4.90 Å². The molecule has 4 rings (SSSR count). The maximum atomic E-state index is 9.50. The van der Waals surface area contributed by atoms with Gasteiger partial charge in [0.2, 0.25) is 0 Å². The Hall–Kier alpha value is -2.45. The van der Waals surface area contributed by atoms with Gasteiger partial charge in [0.05, 0.1) is 5.52 Å². The second-order valence-electron chi connectivity index (χ2n) is 5.75. The van der Waals surface area contributed by atoms with Crippen LogP contribution in [0.15, 0.2) is 40.9 Å². The molecular formula is C18H13BrN4. The van der Waals surface area contributed by atoms with Crippen molar-refractivity contribution in [2.24, 2.45) is 0 Å². The minimum Gasteiger partial charge on any atom is -0.346 e. The third kappa shape index (κ3) is 2.36. The van der Waals surface area contributed by atoms with Crippen molar-refractivity contribution in [3.8, 4) is 6.07 Å². The lowest BCUT2D eigenvalue weighted by Crippen LogP contribution is -2.18. The molecule has 0 bridgehead atoms. The van der Waals surface area contributed by atoms with Gasteiger partial charge in [-0.25, -0.2) is 9.97 Å². The predicted octanol–water partition coefficient (Wildman–Crippen LogP) is 4.09. The summed E-state index contributed by atoms with van der Waals surface area (Å²) < 4.78 is 0.905. The molecule has 0 radical (unpaired) electrons. The molecule has 0 N–H and O–H groups in total. The molecule has 1 aromatic heterocycles. The molecule has 0 fully saturated rings. The van der Waals surface area contributed by atoms with Crippen LogP contribution in [-0.4, -0.2) is 9.97 Å². The Morgan fingerprint density at radius 3 is 2.48 bits per heavy atom. The molecule has 1 aliphatic rings. The number of aromatic nitrogens is 2. The van der Waals surface area contributed by atoms with Crippen molar-refractivity contribution in [2.45, 2.75) is 20.0 Å². The Labute approximate surface area is 142 Å². The highest BCUT2D eigenvalue weighted by molar-refractivity contribution is 9.10. The molecule has 23 heavy (non-hydrogen) atoms. The predicted molar refractivity (Wildman–Crippen MR) is 93.0 cm³/mol. The van der Waals surface area contributed by atoms with E-state index in [0.717, 1.165) is 34.2 Å². The number of halogens is 1. The number of rotatable bonds is 1. The average molecular weight is 365 g/mol. The lowest BCUT2D eigenvalue weighted by Gasteiger charge is -2.18. The minimum absolute atomic E-state index is 0.378. The Morgan fingerprint density at radius 2 is 1.83 bits per heavy atom. The van der Waals surface area contributed by atoms with E-state index in [4.69, 9.17) is 4.98 Å². The van der Waals surface area contributed by atoms with Crippen LogP contribution >= 0.6 is 15.9 Å². The fourth-order valence-corrected chi connectivity index (χ4v) is 3.67. The summed E-state index contributed by atoms with van der Waals surface area (Å²) in [5, 5.41) is 9.50. The molecule has 0 saturated heterocycles. The van der Waals surface area contributed by atoms with E-state index >= 15 is 0 Å². The molecule has 2 heterocycles. The van der Waals surface area contributed by atoms with Crippen molar-refractivity contribution in [1.29, 1.82) is 5.26 Å². The zero-order valence-corrected chi connectivity index (χ0v) is 14.1. The summed E-state index contributed by atoms with van der Waals surface area (Å²) in [6.45, 7) is 3.52. The van der Waals surface area contributed by atoms with Crippen LogP contribution in [0.2, 0.25) is 0 Å². The summed E-state index contributed by atoms with van der Waals surface area (Å²) in [4.78, 5) is 11.4. The van der Waals surface area contributed by atoms with E-state index in [9.17, 15) is 5.26 Å². The van der Waals surface area contributed by atoms with E-state index in [2.05, 4.69) is 44.0 Å². The first-order valence-electron chi connectivity index (χ1n) is 7.35. The number of hydrogen-bond donors (Lipinski definition) is 0. The number of fused-ring (bicyclic) bond motifs is 2. The first-order chi connectivity index (χ1) is 11.2. The molecule has 1 aliphatic heterocycles.